The van der Waals surface area contributed by atoms with E-state index in [0.29, 0.717) is 19.6 Å². The minimum atomic E-state index is -0.0590. The van der Waals surface area contributed by atoms with Crippen molar-refractivity contribution in [2.75, 3.05) is 46.9 Å². The molecule has 1 aromatic carbocycles. The molecule has 0 bridgehead atoms. The molecule has 2 amide bonds. The lowest BCUT2D eigenvalue weighted by atomic mass is 9.91. The Bertz CT molecular complexity index is 732. The first-order valence-corrected chi connectivity index (χ1v) is 10.4. The van der Waals surface area contributed by atoms with Gasteiger partial charge in [-0.25, -0.2) is 0 Å². The van der Waals surface area contributed by atoms with Gasteiger partial charge in [0.15, 0.2) is 0 Å². The topological polar surface area (TPSA) is 61.9 Å². The summed E-state index contributed by atoms with van der Waals surface area (Å²) in [5, 5.41) is 3.14. The number of benzene rings is 1. The number of rotatable bonds is 6. The van der Waals surface area contributed by atoms with Crippen molar-refractivity contribution in [1.29, 1.82) is 0 Å². The van der Waals surface area contributed by atoms with E-state index in [9.17, 15) is 9.59 Å². The van der Waals surface area contributed by atoms with Crippen LogP contribution in [0.25, 0.3) is 0 Å². The van der Waals surface area contributed by atoms with Crippen LogP contribution in [0.4, 0.5) is 0 Å². The lowest BCUT2D eigenvalue weighted by Crippen LogP contribution is -2.58. The lowest BCUT2D eigenvalue weighted by Gasteiger charge is -2.41. The van der Waals surface area contributed by atoms with Crippen LogP contribution >= 0.6 is 0 Å². The molecule has 3 aliphatic rings. The maximum absolute atomic E-state index is 12.6. The summed E-state index contributed by atoms with van der Waals surface area (Å²) < 4.78 is 5.33. The molecule has 0 aromatic heterocycles. The Hall–Kier alpha value is -2.08. The van der Waals surface area contributed by atoms with Gasteiger partial charge in [0.25, 0.3) is 0 Å². The third-order valence-corrected chi connectivity index (χ3v) is 6.77. The van der Waals surface area contributed by atoms with Crippen molar-refractivity contribution in [1.82, 2.24) is 15.1 Å². The van der Waals surface area contributed by atoms with Crippen molar-refractivity contribution >= 4 is 11.8 Å². The standard InChI is InChI=1S/C22H31N3O3/c1-24-10-6-16(7-11-24)21(27)25-13-17(14-25)20(26)23-15-22(8-9-22)18-4-3-5-19(12-18)28-2/h3-5,12,16-17H,6-11,13-15H2,1-2H3,(H,23,26). The fourth-order valence-corrected chi connectivity index (χ4v) is 4.41. The van der Waals surface area contributed by atoms with Gasteiger partial charge in [0, 0.05) is 31.0 Å². The normalized spacial score (nSPS) is 22.4. The van der Waals surface area contributed by atoms with E-state index in [1.54, 1.807) is 7.11 Å². The zero-order valence-corrected chi connectivity index (χ0v) is 16.9. The van der Waals surface area contributed by atoms with Crippen LogP contribution in [0.2, 0.25) is 0 Å². The highest BCUT2D eigenvalue weighted by Gasteiger charge is 2.45. The summed E-state index contributed by atoms with van der Waals surface area (Å²) in [6.45, 7) is 3.78. The number of carbonyl (C=O) groups excluding carboxylic acids is 2. The minimum absolute atomic E-state index is 0.0532. The first-order valence-electron chi connectivity index (χ1n) is 10.4. The Labute approximate surface area is 167 Å². The van der Waals surface area contributed by atoms with Gasteiger partial charge < -0.3 is 19.9 Å². The third kappa shape index (κ3) is 3.88. The Morgan fingerprint density at radius 2 is 1.89 bits per heavy atom. The van der Waals surface area contributed by atoms with Gasteiger partial charge in [-0.15, -0.1) is 0 Å². The van der Waals surface area contributed by atoms with Crippen LogP contribution in [-0.4, -0.2) is 68.5 Å². The number of amides is 2. The predicted molar refractivity (Wildman–Crippen MR) is 107 cm³/mol. The molecule has 1 N–H and O–H groups in total. The van der Waals surface area contributed by atoms with E-state index in [-0.39, 0.29) is 29.1 Å². The van der Waals surface area contributed by atoms with E-state index in [0.717, 1.165) is 44.5 Å². The molecule has 0 radical (unpaired) electrons. The monoisotopic (exact) mass is 385 g/mol. The summed E-state index contributed by atoms with van der Waals surface area (Å²) in [6.07, 6.45) is 4.05. The fraction of sp³-hybridized carbons (Fsp3) is 0.636. The van der Waals surface area contributed by atoms with E-state index in [1.165, 1.54) is 5.56 Å². The molecule has 28 heavy (non-hydrogen) atoms. The maximum atomic E-state index is 12.6. The number of methoxy groups -OCH3 is 1. The van der Waals surface area contributed by atoms with Crippen LogP contribution in [0.15, 0.2) is 24.3 Å². The molecule has 0 spiro atoms. The highest BCUT2D eigenvalue weighted by Crippen LogP contribution is 2.48. The molecule has 0 atom stereocenters. The second-order valence-corrected chi connectivity index (χ2v) is 8.75. The molecule has 0 unspecified atom stereocenters. The number of likely N-dealkylation sites (tertiary alicyclic amines) is 2. The van der Waals surface area contributed by atoms with Crippen molar-refractivity contribution < 1.29 is 14.3 Å². The quantitative estimate of drug-likeness (QED) is 0.809. The van der Waals surface area contributed by atoms with Crippen LogP contribution in [-0.2, 0) is 15.0 Å². The first kappa shape index (κ1) is 19.2. The van der Waals surface area contributed by atoms with Crippen LogP contribution < -0.4 is 10.1 Å². The average molecular weight is 386 g/mol. The summed E-state index contributed by atoms with van der Waals surface area (Å²) in [4.78, 5) is 29.3. The maximum Gasteiger partial charge on any atom is 0.226 e. The number of ether oxygens (including phenoxy) is 1. The Morgan fingerprint density at radius 1 is 1.18 bits per heavy atom. The molecule has 1 aliphatic carbocycles. The molecule has 2 aliphatic heterocycles. The van der Waals surface area contributed by atoms with Crippen molar-refractivity contribution in [3.8, 4) is 5.75 Å². The van der Waals surface area contributed by atoms with Gasteiger partial charge in [-0.05, 0) is 63.5 Å². The van der Waals surface area contributed by atoms with Gasteiger partial charge in [-0.2, -0.15) is 0 Å². The Morgan fingerprint density at radius 3 is 2.54 bits per heavy atom. The van der Waals surface area contributed by atoms with Crippen molar-refractivity contribution in [2.45, 2.75) is 31.1 Å². The van der Waals surface area contributed by atoms with Crippen LogP contribution in [0.5, 0.6) is 5.75 Å². The lowest BCUT2D eigenvalue weighted by molar-refractivity contribution is -0.147. The molecule has 6 heteroatoms. The summed E-state index contributed by atoms with van der Waals surface area (Å²) >= 11 is 0. The van der Waals surface area contributed by atoms with Gasteiger partial charge >= 0.3 is 0 Å². The number of hydrogen-bond donors (Lipinski definition) is 1. The molecule has 152 valence electrons. The van der Waals surface area contributed by atoms with E-state index in [1.807, 2.05) is 17.0 Å². The molecular formula is C22H31N3O3. The zero-order chi connectivity index (χ0) is 19.7. The highest BCUT2D eigenvalue weighted by molar-refractivity contribution is 5.85. The minimum Gasteiger partial charge on any atom is -0.497 e. The molecule has 4 rings (SSSR count). The van der Waals surface area contributed by atoms with Gasteiger partial charge in [-0.3, -0.25) is 9.59 Å². The molecule has 2 heterocycles. The largest absolute Gasteiger partial charge is 0.497 e. The highest BCUT2D eigenvalue weighted by atomic mass is 16.5. The summed E-state index contributed by atoms with van der Waals surface area (Å²) in [5.41, 5.74) is 1.29. The second-order valence-electron chi connectivity index (χ2n) is 8.75. The van der Waals surface area contributed by atoms with Crippen molar-refractivity contribution in [3.05, 3.63) is 29.8 Å². The molecule has 1 saturated carbocycles. The van der Waals surface area contributed by atoms with Crippen LogP contribution in [0.3, 0.4) is 0 Å². The first-order chi connectivity index (χ1) is 13.5. The van der Waals surface area contributed by atoms with E-state index >= 15 is 0 Å². The van der Waals surface area contributed by atoms with Gasteiger partial charge in [-0.1, -0.05) is 12.1 Å². The van der Waals surface area contributed by atoms with Crippen molar-refractivity contribution in [3.63, 3.8) is 0 Å². The van der Waals surface area contributed by atoms with Crippen LogP contribution in [0.1, 0.15) is 31.2 Å². The molecule has 3 fully saturated rings. The third-order valence-electron chi connectivity index (χ3n) is 6.77. The fourth-order valence-electron chi connectivity index (χ4n) is 4.41. The molecule has 2 saturated heterocycles. The molecular weight excluding hydrogens is 354 g/mol. The SMILES string of the molecule is COc1cccc(C2(CNC(=O)C3CN(C(=O)C4CCN(C)CC4)C3)CC2)c1. The molecule has 6 nitrogen and oxygen atoms in total. The Balaban J connectivity index is 1.24. The summed E-state index contributed by atoms with van der Waals surface area (Å²) in [7, 11) is 3.78. The van der Waals surface area contributed by atoms with Gasteiger partial charge in [0.2, 0.25) is 11.8 Å². The summed E-state index contributed by atoms with van der Waals surface area (Å²) in [5.74, 6) is 1.27. The van der Waals surface area contributed by atoms with Gasteiger partial charge in [0.1, 0.15) is 5.75 Å². The van der Waals surface area contributed by atoms with Crippen molar-refractivity contribution in [2.24, 2.45) is 11.8 Å². The number of piperidine rings is 1. The number of nitrogens with one attached hydrogen (secondary N) is 1. The Kier molecular flexibility index (Phi) is 5.32. The summed E-state index contributed by atoms with van der Waals surface area (Å²) in [6, 6.07) is 8.15. The smallest absolute Gasteiger partial charge is 0.226 e. The predicted octanol–water partition coefficient (Wildman–Crippen LogP) is 1.64. The number of nitrogens with zero attached hydrogens (tertiary/aromatic N) is 2. The van der Waals surface area contributed by atoms with Gasteiger partial charge in [0.05, 0.1) is 13.0 Å². The van der Waals surface area contributed by atoms with E-state index < -0.39 is 0 Å². The van der Waals surface area contributed by atoms with Crippen LogP contribution in [0, 0.1) is 11.8 Å². The van der Waals surface area contributed by atoms with E-state index in [4.69, 9.17) is 4.74 Å². The number of hydrogen-bond acceptors (Lipinski definition) is 4. The molecule has 1 aromatic rings. The van der Waals surface area contributed by atoms with E-state index in [2.05, 4.69) is 29.4 Å². The zero-order valence-electron chi connectivity index (χ0n) is 16.9. The average Bonchev–Trinajstić information content (AvgIpc) is 3.47. The second kappa shape index (κ2) is 7.74. The number of carbonyl (C=O) groups is 2.